The van der Waals surface area contributed by atoms with Crippen LogP contribution in [0.2, 0.25) is 10.0 Å². The van der Waals surface area contributed by atoms with Gasteiger partial charge in [-0.05, 0) is 18.2 Å². The van der Waals surface area contributed by atoms with Gasteiger partial charge in [0.2, 0.25) is 0 Å². The average molecular weight is 363 g/mol. The van der Waals surface area contributed by atoms with E-state index in [1.807, 2.05) is 0 Å². The first-order valence-electron chi connectivity index (χ1n) is 7.14. The Labute approximate surface area is 148 Å². The summed E-state index contributed by atoms with van der Waals surface area (Å²) in [5.41, 5.74) is 1.12. The summed E-state index contributed by atoms with van der Waals surface area (Å²) in [6.45, 7) is 0.315. The van der Waals surface area contributed by atoms with E-state index in [1.54, 1.807) is 42.5 Å². The molecule has 2 aromatic carbocycles. The molecule has 0 amide bonds. The Balaban J connectivity index is 1.74. The highest BCUT2D eigenvalue weighted by Gasteiger charge is 2.07. The van der Waals surface area contributed by atoms with E-state index in [1.165, 1.54) is 12.4 Å². The molecule has 0 aliphatic carbocycles. The van der Waals surface area contributed by atoms with Crippen LogP contribution in [0, 0.1) is 5.82 Å². The molecule has 2 N–H and O–H groups in total. The Morgan fingerprint density at radius 1 is 0.917 bits per heavy atom. The molecule has 0 saturated heterocycles. The van der Waals surface area contributed by atoms with Crippen molar-refractivity contribution in [3.63, 3.8) is 0 Å². The molecule has 3 aromatic rings. The Morgan fingerprint density at radius 2 is 1.62 bits per heavy atom. The number of nitrogens with zero attached hydrogens (tertiary/aromatic N) is 2. The quantitative estimate of drug-likeness (QED) is 0.648. The molecule has 24 heavy (non-hydrogen) atoms. The lowest BCUT2D eigenvalue weighted by molar-refractivity contribution is 0.613. The van der Waals surface area contributed by atoms with Gasteiger partial charge in [0.25, 0.3) is 0 Å². The molecule has 0 atom stereocenters. The fraction of sp³-hybridized carbons (Fsp3) is 0.0588. The predicted molar refractivity (Wildman–Crippen MR) is 95.5 cm³/mol. The van der Waals surface area contributed by atoms with Gasteiger partial charge >= 0.3 is 0 Å². The number of para-hydroxylation sites is 1. The van der Waals surface area contributed by atoms with Crippen LogP contribution in [0.5, 0.6) is 0 Å². The SMILES string of the molecule is Fc1ccccc1CNc1cc(Nc2c(Cl)cccc2Cl)ncn1. The maximum absolute atomic E-state index is 13.6. The van der Waals surface area contributed by atoms with Crippen LogP contribution in [-0.2, 0) is 6.54 Å². The molecule has 7 heteroatoms. The highest BCUT2D eigenvalue weighted by Crippen LogP contribution is 2.32. The van der Waals surface area contributed by atoms with Gasteiger partial charge in [-0.15, -0.1) is 0 Å². The fourth-order valence-corrected chi connectivity index (χ4v) is 2.59. The molecule has 0 aliphatic heterocycles. The summed E-state index contributed by atoms with van der Waals surface area (Å²) in [5.74, 6) is 0.815. The highest BCUT2D eigenvalue weighted by molar-refractivity contribution is 6.39. The topological polar surface area (TPSA) is 49.8 Å². The summed E-state index contributed by atoms with van der Waals surface area (Å²) in [5, 5.41) is 7.10. The first-order chi connectivity index (χ1) is 11.6. The van der Waals surface area contributed by atoms with Crippen molar-refractivity contribution in [3.8, 4) is 0 Å². The Bertz CT molecular complexity index is 837. The van der Waals surface area contributed by atoms with E-state index in [2.05, 4.69) is 20.6 Å². The van der Waals surface area contributed by atoms with Crippen molar-refractivity contribution in [2.75, 3.05) is 10.6 Å². The van der Waals surface area contributed by atoms with Crippen LogP contribution in [0.25, 0.3) is 0 Å². The smallest absolute Gasteiger partial charge is 0.135 e. The molecule has 0 spiro atoms. The molecule has 1 heterocycles. The second-order valence-corrected chi connectivity index (χ2v) is 5.77. The van der Waals surface area contributed by atoms with Gasteiger partial charge in [0, 0.05) is 18.2 Å². The van der Waals surface area contributed by atoms with Gasteiger partial charge in [-0.2, -0.15) is 0 Å². The van der Waals surface area contributed by atoms with E-state index in [0.717, 1.165) is 0 Å². The number of nitrogens with one attached hydrogen (secondary N) is 2. The molecule has 0 saturated carbocycles. The molecule has 122 valence electrons. The highest BCUT2D eigenvalue weighted by atomic mass is 35.5. The molecule has 0 bridgehead atoms. The molecule has 0 fully saturated rings. The van der Waals surface area contributed by atoms with Crippen molar-refractivity contribution < 1.29 is 4.39 Å². The maximum Gasteiger partial charge on any atom is 0.135 e. The Kier molecular flexibility index (Phi) is 5.13. The van der Waals surface area contributed by atoms with Crippen LogP contribution in [0.15, 0.2) is 54.9 Å². The van der Waals surface area contributed by atoms with E-state index >= 15 is 0 Å². The standard InChI is InChI=1S/C17H13Cl2FN4/c18-12-5-3-6-13(19)17(12)24-16-8-15(22-10-23-16)21-9-11-4-1-2-7-14(11)20/h1-8,10H,9H2,(H2,21,22,23,24). The molecule has 0 aliphatic rings. The lowest BCUT2D eigenvalue weighted by Gasteiger charge is -2.11. The number of rotatable bonds is 5. The van der Waals surface area contributed by atoms with E-state index in [-0.39, 0.29) is 5.82 Å². The van der Waals surface area contributed by atoms with Gasteiger partial charge in [0.15, 0.2) is 0 Å². The van der Waals surface area contributed by atoms with Crippen molar-refractivity contribution in [2.45, 2.75) is 6.54 Å². The number of aromatic nitrogens is 2. The number of halogens is 3. The third-order valence-corrected chi connectivity index (χ3v) is 3.93. The van der Waals surface area contributed by atoms with Crippen molar-refractivity contribution in [1.82, 2.24) is 9.97 Å². The zero-order valence-electron chi connectivity index (χ0n) is 12.4. The van der Waals surface area contributed by atoms with Gasteiger partial charge in [-0.25, -0.2) is 14.4 Å². The van der Waals surface area contributed by atoms with Crippen molar-refractivity contribution in [2.24, 2.45) is 0 Å². The van der Waals surface area contributed by atoms with Crippen LogP contribution >= 0.6 is 23.2 Å². The molecular weight excluding hydrogens is 350 g/mol. The van der Waals surface area contributed by atoms with Crippen LogP contribution in [-0.4, -0.2) is 9.97 Å². The summed E-state index contributed by atoms with van der Waals surface area (Å²) in [6.07, 6.45) is 1.40. The van der Waals surface area contributed by atoms with Crippen LogP contribution in [0.3, 0.4) is 0 Å². The number of hydrogen-bond acceptors (Lipinski definition) is 4. The normalized spacial score (nSPS) is 10.5. The minimum atomic E-state index is -0.264. The molecule has 4 nitrogen and oxygen atoms in total. The van der Waals surface area contributed by atoms with Crippen LogP contribution in [0.4, 0.5) is 21.7 Å². The monoisotopic (exact) mass is 362 g/mol. The predicted octanol–water partition coefficient (Wildman–Crippen LogP) is 5.28. The van der Waals surface area contributed by atoms with E-state index < -0.39 is 0 Å². The first kappa shape index (κ1) is 16.5. The van der Waals surface area contributed by atoms with Crippen molar-refractivity contribution in [1.29, 1.82) is 0 Å². The summed E-state index contributed by atoms with van der Waals surface area (Å²) >= 11 is 12.3. The van der Waals surface area contributed by atoms with Crippen molar-refractivity contribution >= 4 is 40.5 Å². The zero-order valence-corrected chi connectivity index (χ0v) is 13.9. The lowest BCUT2D eigenvalue weighted by Crippen LogP contribution is -2.04. The summed E-state index contributed by atoms with van der Waals surface area (Å²) in [4.78, 5) is 8.26. The second-order valence-electron chi connectivity index (χ2n) is 4.96. The van der Waals surface area contributed by atoms with Gasteiger partial charge in [0.1, 0.15) is 23.8 Å². The summed E-state index contributed by atoms with van der Waals surface area (Å²) in [6, 6.07) is 13.5. The van der Waals surface area contributed by atoms with E-state index in [9.17, 15) is 4.39 Å². The average Bonchev–Trinajstić information content (AvgIpc) is 2.58. The zero-order chi connectivity index (χ0) is 16.9. The molecule has 0 unspecified atom stereocenters. The number of benzene rings is 2. The van der Waals surface area contributed by atoms with Crippen LogP contribution < -0.4 is 10.6 Å². The van der Waals surface area contributed by atoms with Crippen molar-refractivity contribution in [3.05, 3.63) is 76.3 Å². The third kappa shape index (κ3) is 3.93. The third-order valence-electron chi connectivity index (χ3n) is 3.30. The summed E-state index contributed by atoms with van der Waals surface area (Å²) in [7, 11) is 0. The maximum atomic E-state index is 13.6. The fourth-order valence-electron chi connectivity index (χ4n) is 2.10. The molecule has 3 rings (SSSR count). The minimum Gasteiger partial charge on any atom is -0.366 e. The molecular formula is C17H13Cl2FN4. The van der Waals surface area contributed by atoms with Gasteiger partial charge in [0.05, 0.1) is 15.7 Å². The van der Waals surface area contributed by atoms with E-state index in [4.69, 9.17) is 23.2 Å². The van der Waals surface area contributed by atoms with E-state index in [0.29, 0.717) is 39.5 Å². The lowest BCUT2D eigenvalue weighted by atomic mass is 10.2. The largest absolute Gasteiger partial charge is 0.366 e. The minimum absolute atomic E-state index is 0.264. The number of anilines is 3. The van der Waals surface area contributed by atoms with Crippen LogP contribution in [0.1, 0.15) is 5.56 Å². The van der Waals surface area contributed by atoms with Gasteiger partial charge in [-0.1, -0.05) is 47.5 Å². The molecule has 0 radical (unpaired) electrons. The Morgan fingerprint density at radius 3 is 2.38 bits per heavy atom. The number of hydrogen-bond donors (Lipinski definition) is 2. The second kappa shape index (κ2) is 7.47. The van der Waals surface area contributed by atoms with Gasteiger partial charge < -0.3 is 10.6 Å². The Hall–Kier alpha value is -2.37. The summed E-state index contributed by atoms with van der Waals surface area (Å²) < 4.78 is 13.6. The molecule has 1 aromatic heterocycles. The first-order valence-corrected chi connectivity index (χ1v) is 7.89. The van der Waals surface area contributed by atoms with Gasteiger partial charge in [-0.3, -0.25) is 0 Å².